The molecule has 8 nitrogen and oxygen atoms in total. The van der Waals surface area contributed by atoms with Crippen molar-refractivity contribution in [1.29, 1.82) is 0 Å². The second-order valence-corrected chi connectivity index (χ2v) is 11.6. The van der Waals surface area contributed by atoms with E-state index in [9.17, 15) is 14.4 Å². The van der Waals surface area contributed by atoms with Gasteiger partial charge < -0.3 is 24.6 Å². The molecule has 198 valence electrons. The van der Waals surface area contributed by atoms with Crippen LogP contribution in [0.4, 0.5) is 0 Å². The van der Waals surface area contributed by atoms with Gasteiger partial charge in [-0.05, 0) is 67.8 Å². The predicted molar refractivity (Wildman–Crippen MR) is 137 cm³/mol. The van der Waals surface area contributed by atoms with Crippen LogP contribution in [0.3, 0.4) is 0 Å². The zero-order chi connectivity index (χ0) is 25.9. The van der Waals surface area contributed by atoms with Gasteiger partial charge in [-0.2, -0.15) is 0 Å². The molecule has 3 aliphatic heterocycles. The highest BCUT2D eigenvalue weighted by Crippen LogP contribution is 2.30. The average molecular weight is 500 g/mol. The average Bonchev–Trinajstić information content (AvgIpc) is 3.44. The standard InChI is InChI=1S/C28H41N3O5/c1-28(2,3)17-22(27(34)31-14-11-24-25(31)23(32)18-36-24)29-26(33)21-7-5-19(6-8-21)20-9-12-30(13-10-20)15-16-35-4/h5-8,20,22,24-25H,9-18H2,1-4H3,(H,29,33)/t22-,24+,25+/m0/s1. The van der Waals surface area contributed by atoms with Crippen LogP contribution in [-0.4, -0.2) is 92.1 Å². The Labute approximate surface area is 214 Å². The van der Waals surface area contributed by atoms with E-state index >= 15 is 0 Å². The van der Waals surface area contributed by atoms with Crippen molar-refractivity contribution in [2.24, 2.45) is 5.41 Å². The van der Waals surface area contributed by atoms with E-state index in [-0.39, 0.29) is 35.7 Å². The molecule has 3 saturated heterocycles. The molecule has 1 aromatic carbocycles. The second kappa shape index (κ2) is 11.4. The normalized spacial score (nSPS) is 24.1. The van der Waals surface area contributed by atoms with E-state index in [1.165, 1.54) is 5.56 Å². The number of carbonyl (C=O) groups excluding carboxylic acids is 3. The topological polar surface area (TPSA) is 88.2 Å². The number of carbonyl (C=O) groups is 3. The summed E-state index contributed by atoms with van der Waals surface area (Å²) in [7, 11) is 1.74. The molecule has 3 atom stereocenters. The van der Waals surface area contributed by atoms with Crippen LogP contribution in [0.1, 0.15) is 68.3 Å². The number of likely N-dealkylation sites (tertiary alicyclic amines) is 2. The maximum absolute atomic E-state index is 13.5. The number of ketones is 1. The predicted octanol–water partition coefficient (Wildman–Crippen LogP) is 2.62. The van der Waals surface area contributed by atoms with Crippen molar-refractivity contribution >= 4 is 17.6 Å². The molecule has 0 radical (unpaired) electrons. The molecule has 2 amide bonds. The van der Waals surface area contributed by atoms with Crippen LogP contribution in [0.2, 0.25) is 0 Å². The second-order valence-electron chi connectivity index (χ2n) is 11.6. The number of benzene rings is 1. The molecule has 1 aromatic rings. The van der Waals surface area contributed by atoms with Crippen molar-refractivity contribution in [3.63, 3.8) is 0 Å². The Kier molecular flexibility index (Phi) is 8.48. The SMILES string of the molecule is COCCN1CCC(c2ccc(C(=O)N[C@@H](CC(C)(C)C)C(=O)N3CC[C@H]4OCC(=O)[C@H]43)cc2)CC1. The van der Waals surface area contributed by atoms with Crippen LogP contribution >= 0.6 is 0 Å². The zero-order valence-electron chi connectivity index (χ0n) is 22.1. The number of ether oxygens (including phenoxy) is 2. The van der Waals surface area contributed by atoms with E-state index in [4.69, 9.17) is 9.47 Å². The van der Waals surface area contributed by atoms with Crippen molar-refractivity contribution < 1.29 is 23.9 Å². The lowest BCUT2D eigenvalue weighted by atomic mass is 9.87. The van der Waals surface area contributed by atoms with E-state index < -0.39 is 12.1 Å². The number of Topliss-reactive ketones (excluding diaryl/α,β-unsaturated/α-hetero) is 1. The van der Waals surface area contributed by atoms with Gasteiger partial charge in [0.2, 0.25) is 5.91 Å². The molecule has 3 fully saturated rings. The van der Waals surface area contributed by atoms with Gasteiger partial charge >= 0.3 is 0 Å². The Bertz CT molecular complexity index is 933. The van der Waals surface area contributed by atoms with Crippen molar-refractivity contribution in [2.45, 2.75) is 70.6 Å². The van der Waals surface area contributed by atoms with E-state index in [0.717, 1.165) is 39.1 Å². The number of hydrogen-bond acceptors (Lipinski definition) is 6. The molecule has 36 heavy (non-hydrogen) atoms. The number of nitrogens with one attached hydrogen (secondary N) is 1. The van der Waals surface area contributed by atoms with E-state index in [0.29, 0.717) is 30.9 Å². The highest BCUT2D eigenvalue weighted by atomic mass is 16.5. The molecule has 3 heterocycles. The molecule has 0 saturated carbocycles. The largest absolute Gasteiger partial charge is 0.383 e. The Hall–Kier alpha value is -2.29. The Morgan fingerprint density at radius 3 is 2.44 bits per heavy atom. The van der Waals surface area contributed by atoms with Gasteiger partial charge in [-0.25, -0.2) is 0 Å². The van der Waals surface area contributed by atoms with Crippen molar-refractivity contribution in [2.75, 3.05) is 46.5 Å². The third kappa shape index (κ3) is 6.33. The smallest absolute Gasteiger partial charge is 0.251 e. The van der Waals surface area contributed by atoms with Gasteiger partial charge in [0.1, 0.15) is 18.7 Å². The van der Waals surface area contributed by atoms with Gasteiger partial charge in [0.25, 0.3) is 5.91 Å². The molecule has 3 aliphatic rings. The summed E-state index contributed by atoms with van der Waals surface area (Å²) in [6.07, 6.45) is 3.12. The molecule has 0 aliphatic carbocycles. The highest BCUT2D eigenvalue weighted by molar-refractivity contribution is 5.99. The summed E-state index contributed by atoms with van der Waals surface area (Å²) in [6, 6.07) is 6.61. The fourth-order valence-corrected chi connectivity index (χ4v) is 5.71. The van der Waals surface area contributed by atoms with Crippen LogP contribution in [0.25, 0.3) is 0 Å². The maximum atomic E-state index is 13.5. The van der Waals surface area contributed by atoms with E-state index in [1.807, 2.05) is 45.0 Å². The van der Waals surface area contributed by atoms with E-state index in [1.54, 1.807) is 12.0 Å². The number of hydrogen-bond donors (Lipinski definition) is 1. The lowest BCUT2D eigenvalue weighted by Crippen LogP contribution is -2.53. The Morgan fingerprint density at radius 2 is 1.81 bits per heavy atom. The number of piperidine rings is 1. The molecular weight excluding hydrogens is 458 g/mol. The summed E-state index contributed by atoms with van der Waals surface area (Å²) in [5.74, 6) is -0.0121. The first-order valence-electron chi connectivity index (χ1n) is 13.2. The Morgan fingerprint density at radius 1 is 1.11 bits per heavy atom. The molecule has 8 heteroatoms. The molecule has 0 aromatic heterocycles. The monoisotopic (exact) mass is 499 g/mol. The molecule has 0 unspecified atom stereocenters. The summed E-state index contributed by atoms with van der Waals surface area (Å²) < 4.78 is 10.7. The minimum atomic E-state index is -0.694. The molecule has 0 bridgehead atoms. The van der Waals surface area contributed by atoms with Crippen LogP contribution < -0.4 is 5.32 Å². The minimum Gasteiger partial charge on any atom is -0.383 e. The first-order valence-corrected chi connectivity index (χ1v) is 13.2. The number of nitrogens with zero attached hydrogens (tertiary/aromatic N) is 2. The number of fused-ring (bicyclic) bond motifs is 1. The van der Waals surface area contributed by atoms with Gasteiger partial charge in [-0.3, -0.25) is 14.4 Å². The Balaban J connectivity index is 1.39. The van der Waals surface area contributed by atoms with Crippen molar-refractivity contribution in [3.05, 3.63) is 35.4 Å². The third-order valence-corrected chi connectivity index (χ3v) is 7.66. The van der Waals surface area contributed by atoms with Gasteiger partial charge in [-0.1, -0.05) is 32.9 Å². The number of rotatable bonds is 8. The lowest BCUT2D eigenvalue weighted by molar-refractivity contribution is -0.138. The first kappa shape index (κ1) is 26.8. The number of methoxy groups -OCH3 is 1. The maximum Gasteiger partial charge on any atom is 0.251 e. The molecular formula is C28H41N3O5. The van der Waals surface area contributed by atoms with Crippen molar-refractivity contribution in [1.82, 2.24) is 15.1 Å². The highest BCUT2D eigenvalue weighted by Gasteiger charge is 2.48. The van der Waals surface area contributed by atoms with Crippen LogP contribution in [0.15, 0.2) is 24.3 Å². The van der Waals surface area contributed by atoms with Gasteiger partial charge in [-0.15, -0.1) is 0 Å². The van der Waals surface area contributed by atoms with Crippen LogP contribution in [0.5, 0.6) is 0 Å². The zero-order valence-corrected chi connectivity index (χ0v) is 22.1. The lowest BCUT2D eigenvalue weighted by Gasteiger charge is -2.32. The summed E-state index contributed by atoms with van der Waals surface area (Å²) >= 11 is 0. The first-order chi connectivity index (χ1) is 17.2. The van der Waals surface area contributed by atoms with E-state index in [2.05, 4.69) is 10.2 Å². The van der Waals surface area contributed by atoms with Crippen molar-refractivity contribution in [3.8, 4) is 0 Å². The summed E-state index contributed by atoms with van der Waals surface area (Å²) in [6.45, 7) is 10.5. The van der Waals surface area contributed by atoms with Gasteiger partial charge in [0.05, 0.1) is 12.7 Å². The third-order valence-electron chi connectivity index (χ3n) is 7.66. The summed E-state index contributed by atoms with van der Waals surface area (Å²) in [5, 5.41) is 2.98. The summed E-state index contributed by atoms with van der Waals surface area (Å²) in [4.78, 5) is 43.1. The van der Waals surface area contributed by atoms with Crippen LogP contribution in [0, 0.1) is 5.41 Å². The fourth-order valence-electron chi connectivity index (χ4n) is 5.71. The van der Waals surface area contributed by atoms with Crippen LogP contribution in [-0.2, 0) is 19.1 Å². The molecule has 1 N–H and O–H groups in total. The van der Waals surface area contributed by atoms with Gasteiger partial charge in [0, 0.05) is 25.8 Å². The minimum absolute atomic E-state index is 0.0493. The van der Waals surface area contributed by atoms with Gasteiger partial charge in [0.15, 0.2) is 5.78 Å². The molecule has 0 spiro atoms. The quantitative estimate of drug-likeness (QED) is 0.592. The summed E-state index contributed by atoms with van der Waals surface area (Å²) in [5.41, 5.74) is 1.62. The molecule has 4 rings (SSSR count). The number of amides is 2. The fraction of sp³-hybridized carbons (Fsp3) is 0.679.